The maximum atomic E-state index is 13.0. The van der Waals surface area contributed by atoms with Crippen LogP contribution in [0.4, 0.5) is 11.8 Å². The molecule has 0 aromatic carbocycles. The van der Waals surface area contributed by atoms with Gasteiger partial charge < -0.3 is 35.2 Å². The number of hydrogen-bond acceptors (Lipinski definition) is 11. The van der Waals surface area contributed by atoms with Gasteiger partial charge in [0.25, 0.3) is 0 Å². The lowest BCUT2D eigenvalue weighted by atomic mass is 9.93. The second kappa shape index (κ2) is 9.96. The minimum absolute atomic E-state index is 0.00128. The summed E-state index contributed by atoms with van der Waals surface area (Å²) in [5, 5.41) is 33.8. The molecule has 1 saturated heterocycles. The van der Waals surface area contributed by atoms with Gasteiger partial charge in [0, 0.05) is 11.3 Å². The number of aliphatic hydroxyl groups is 3. The summed E-state index contributed by atoms with van der Waals surface area (Å²) in [7, 11) is -4.51. The molecule has 1 aliphatic heterocycles. The summed E-state index contributed by atoms with van der Waals surface area (Å²) >= 11 is 0. The Balaban J connectivity index is 1.94. The molecule has 6 N–H and O–H groups in total. The Bertz CT molecular complexity index is 1170. The number of anilines is 1. The molecule has 2 aromatic rings. The summed E-state index contributed by atoms with van der Waals surface area (Å²) in [5.41, 5.74) is 13.7. The summed E-state index contributed by atoms with van der Waals surface area (Å²) in [5.74, 6) is -0.199. The molecular formula is C19H31N8O7P. The molecule has 0 amide bonds. The molecule has 1 aliphatic rings. The standard InChI is InChI=1S/C19H31N8O7P/c1-5-18(4,34-35(31,32)19(30,6-2)7-3)8-10-12(28)13(29)16(33-10)27-15-11(14(20)22-9-23-15)24-17(27)25-26-21/h9-10,12-13,16,28-30H,5-8H2,1-4H3,(H,31,32)(H2,20,22,23)/t10-,12-,13-,16?,18?/m1/s1. The second-order valence-corrected chi connectivity index (χ2v) is 10.8. The third kappa shape index (κ3) is 4.86. The molecule has 15 nitrogen and oxygen atoms in total. The summed E-state index contributed by atoms with van der Waals surface area (Å²) in [6, 6.07) is 0. The van der Waals surface area contributed by atoms with E-state index in [-0.39, 0.29) is 48.6 Å². The second-order valence-electron chi connectivity index (χ2n) is 8.76. The highest BCUT2D eigenvalue weighted by Crippen LogP contribution is 2.60. The topological polar surface area (TPSA) is 235 Å². The van der Waals surface area contributed by atoms with Crippen molar-refractivity contribution in [3.63, 3.8) is 0 Å². The van der Waals surface area contributed by atoms with Crippen LogP contribution >= 0.6 is 7.60 Å². The van der Waals surface area contributed by atoms with Gasteiger partial charge in [0.2, 0.25) is 5.95 Å². The smallest absolute Gasteiger partial charge is 0.359 e. The van der Waals surface area contributed by atoms with Gasteiger partial charge in [-0.2, -0.15) is 0 Å². The van der Waals surface area contributed by atoms with Crippen LogP contribution < -0.4 is 5.73 Å². The first-order chi connectivity index (χ1) is 16.4. The van der Waals surface area contributed by atoms with Gasteiger partial charge in [0.05, 0.1) is 11.7 Å². The lowest BCUT2D eigenvalue weighted by Gasteiger charge is -2.38. The highest BCUT2D eigenvalue weighted by atomic mass is 31.2. The Kier molecular flexibility index (Phi) is 7.75. The number of nitrogens with zero attached hydrogens (tertiary/aromatic N) is 7. The molecule has 0 aliphatic carbocycles. The lowest BCUT2D eigenvalue weighted by Crippen LogP contribution is -2.40. The summed E-state index contributed by atoms with van der Waals surface area (Å²) < 4.78 is 25.7. The van der Waals surface area contributed by atoms with E-state index in [0.717, 1.165) is 6.33 Å². The van der Waals surface area contributed by atoms with Crippen LogP contribution in [-0.4, -0.2) is 69.0 Å². The molecule has 6 atom stereocenters. The normalized spacial score (nSPS) is 26.3. The van der Waals surface area contributed by atoms with Gasteiger partial charge in [-0.25, -0.2) is 15.0 Å². The van der Waals surface area contributed by atoms with E-state index in [1.54, 1.807) is 27.7 Å². The van der Waals surface area contributed by atoms with E-state index < -0.39 is 43.1 Å². The number of imidazole rings is 1. The first-order valence-electron chi connectivity index (χ1n) is 11.2. The van der Waals surface area contributed by atoms with Crippen molar-refractivity contribution in [1.82, 2.24) is 19.5 Å². The van der Waals surface area contributed by atoms with Gasteiger partial charge >= 0.3 is 7.60 Å². The fourth-order valence-corrected chi connectivity index (χ4v) is 5.85. The molecule has 3 rings (SSSR count). The molecule has 0 spiro atoms. The SMILES string of the molecule is CCC(C)(C[C@H]1OC(n2c(N=[N+]=[N-])nc3c(N)ncnc32)[C@H](O)[C@@H]1O)OP(=O)(O)C(O)(CC)CC. The fourth-order valence-electron chi connectivity index (χ4n) is 4.08. The number of aliphatic hydroxyl groups excluding tert-OH is 2. The van der Waals surface area contributed by atoms with E-state index in [0.29, 0.717) is 0 Å². The number of ether oxygens (including phenoxy) is 1. The summed E-state index contributed by atoms with van der Waals surface area (Å²) in [4.78, 5) is 25.4. The van der Waals surface area contributed by atoms with Gasteiger partial charge in [-0.3, -0.25) is 9.13 Å². The van der Waals surface area contributed by atoms with Crippen molar-refractivity contribution in [3.05, 3.63) is 16.8 Å². The molecule has 2 aromatic heterocycles. The molecule has 0 bridgehead atoms. The number of aromatic nitrogens is 4. The van der Waals surface area contributed by atoms with Crippen LogP contribution in [0.15, 0.2) is 11.4 Å². The van der Waals surface area contributed by atoms with Crippen LogP contribution in [0.3, 0.4) is 0 Å². The molecule has 16 heteroatoms. The fraction of sp³-hybridized carbons (Fsp3) is 0.737. The van der Waals surface area contributed by atoms with Crippen molar-refractivity contribution in [2.24, 2.45) is 5.11 Å². The van der Waals surface area contributed by atoms with Crippen molar-refractivity contribution in [1.29, 1.82) is 0 Å². The molecule has 0 saturated carbocycles. The Morgan fingerprint density at radius 1 is 1.29 bits per heavy atom. The number of fused-ring (bicyclic) bond motifs is 1. The van der Waals surface area contributed by atoms with Gasteiger partial charge in [-0.1, -0.05) is 20.8 Å². The van der Waals surface area contributed by atoms with Crippen LogP contribution in [0.5, 0.6) is 0 Å². The van der Waals surface area contributed by atoms with E-state index in [1.807, 2.05) is 0 Å². The number of nitrogens with two attached hydrogens (primary N) is 1. The molecule has 3 heterocycles. The molecule has 3 unspecified atom stereocenters. The maximum absolute atomic E-state index is 13.0. The minimum atomic E-state index is -4.51. The average Bonchev–Trinajstić information content (AvgIpc) is 3.31. The van der Waals surface area contributed by atoms with E-state index in [2.05, 4.69) is 25.0 Å². The highest BCUT2D eigenvalue weighted by Gasteiger charge is 2.52. The molecular weight excluding hydrogens is 483 g/mol. The highest BCUT2D eigenvalue weighted by molar-refractivity contribution is 7.54. The molecule has 0 radical (unpaired) electrons. The van der Waals surface area contributed by atoms with Crippen molar-refractivity contribution >= 4 is 30.5 Å². The Morgan fingerprint density at radius 2 is 1.94 bits per heavy atom. The number of azide groups is 1. The minimum Gasteiger partial charge on any atom is -0.388 e. The van der Waals surface area contributed by atoms with E-state index >= 15 is 0 Å². The Hall–Kier alpha value is -2.35. The van der Waals surface area contributed by atoms with Crippen LogP contribution in [0, 0.1) is 0 Å². The van der Waals surface area contributed by atoms with Crippen LogP contribution in [0.1, 0.15) is 59.6 Å². The number of rotatable bonds is 10. The van der Waals surface area contributed by atoms with Crippen LogP contribution in [0.2, 0.25) is 0 Å². The van der Waals surface area contributed by atoms with Gasteiger partial charge in [-0.15, -0.1) is 0 Å². The quantitative estimate of drug-likeness (QED) is 0.133. The lowest BCUT2D eigenvalue weighted by molar-refractivity contribution is -0.0691. The number of nitrogen functional groups attached to an aromatic ring is 1. The van der Waals surface area contributed by atoms with Gasteiger partial charge in [-0.05, 0) is 36.8 Å². The average molecular weight is 514 g/mol. The number of hydrogen-bond donors (Lipinski definition) is 5. The molecule has 35 heavy (non-hydrogen) atoms. The summed E-state index contributed by atoms with van der Waals surface area (Å²) in [6.07, 6.45) is -4.00. The predicted molar refractivity (Wildman–Crippen MR) is 124 cm³/mol. The monoisotopic (exact) mass is 514 g/mol. The third-order valence-electron chi connectivity index (χ3n) is 6.60. The first kappa shape index (κ1) is 27.2. The van der Waals surface area contributed by atoms with E-state index in [9.17, 15) is 24.8 Å². The maximum Gasteiger partial charge on any atom is 0.359 e. The van der Waals surface area contributed by atoms with Crippen molar-refractivity contribution in [2.45, 2.75) is 88.9 Å². The zero-order valence-electron chi connectivity index (χ0n) is 19.9. The van der Waals surface area contributed by atoms with Gasteiger partial charge in [0.15, 0.2) is 28.6 Å². The van der Waals surface area contributed by atoms with Crippen molar-refractivity contribution in [2.75, 3.05) is 5.73 Å². The van der Waals surface area contributed by atoms with Crippen molar-refractivity contribution in [3.8, 4) is 0 Å². The zero-order chi connectivity index (χ0) is 26.2. The Labute approximate surface area is 201 Å². The van der Waals surface area contributed by atoms with Crippen LogP contribution in [-0.2, 0) is 13.8 Å². The molecule has 1 fully saturated rings. The van der Waals surface area contributed by atoms with E-state index in [4.69, 9.17) is 20.5 Å². The van der Waals surface area contributed by atoms with Crippen molar-refractivity contribution < 1.29 is 34.0 Å². The largest absolute Gasteiger partial charge is 0.388 e. The van der Waals surface area contributed by atoms with Gasteiger partial charge in [0.1, 0.15) is 18.5 Å². The van der Waals surface area contributed by atoms with E-state index in [1.165, 1.54) is 4.57 Å². The zero-order valence-corrected chi connectivity index (χ0v) is 20.8. The predicted octanol–water partition coefficient (Wildman–Crippen LogP) is 2.24. The third-order valence-corrected chi connectivity index (χ3v) is 8.97. The first-order valence-corrected chi connectivity index (χ1v) is 12.8. The Morgan fingerprint density at radius 3 is 2.51 bits per heavy atom. The molecule has 194 valence electrons. The summed E-state index contributed by atoms with van der Waals surface area (Å²) in [6.45, 7) is 6.44. The van der Waals surface area contributed by atoms with Crippen LogP contribution in [0.25, 0.3) is 21.6 Å².